The van der Waals surface area contributed by atoms with Gasteiger partial charge < -0.3 is 44.0 Å². The van der Waals surface area contributed by atoms with Crippen LogP contribution in [0.15, 0.2) is 102 Å². The number of nitrogens with one attached hydrogen (secondary N) is 1. The number of hydrogen-bond acceptors (Lipinski definition) is 15. The number of aliphatic hydroxyl groups excluding tert-OH is 1. The van der Waals surface area contributed by atoms with E-state index >= 15 is 9.59 Å². The van der Waals surface area contributed by atoms with Gasteiger partial charge in [0.1, 0.15) is 34.8 Å². The van der Waals surface area contributed by atoms with Crippen LogP contribution >= 0.6 is 15.9 Å². The maximum atomic E-state index is 15.9. The molecule has 3 N–H and O–H groups in total. The summed E-state index contributed by atoms with van der Waals surface area (Å²) >= 11 is 3.60. The molecule has 3 fully saturated rings. The van der Waals surface area contributed by atoms with Crippen molar-refractivity contribution in [1.29, 1.82) is 0 Å². The molecular formula is C63H80BrNO15. The molecular weight excluding hydrogens is 1090 g/mol. The van der Waals surface area contributed by atoms with Crippen LogP contribution in [0.1, 0.15) is 171 Å². The van der Waals surface area contributed by atoms with E-state index in [4.69, 9.17) is 28.4 Å². The van der Waals surface area contributed by atoms with E-state index in [0.29, 0.717) is 12.0 Å². The Labute approximate surface area is 478 Å². The van der Waals surface area contributed by atoms with E-state index in [1.54, 1.807) is 99.6 Å². The lowest BCUT2D eigenvalue weighted by Gasteiger charge is -2.67. The van der Waals surface area contributed by atoms with Gasteiger partial charge in [-0.2, -0.15) is 0 Å². The van der Waals surface area contributed by atoms with Gasteiger partial charge in [0.25, 0.3) is 5.91 Å². The van der Waals surface area contributed by atoms with Gasteiger partial charge in [0.15, 0.2) is 17.5 Å². The highest BCUT2D eigenvalue weighted by molar-refractivity contribution is 9.10. The molecule has 17 heteroatoms. The van der Waals surface area contributed by atoms with Crippen molar-refractivity contribution in [2.24, 2.45) is 22.7 Å². The molecule has 0 aromatic heterocycles. The first kappa shape index (κ1) is 61.9. The van der Waals surface area contributed by atoms with Crippen LogP contribution in [0.2, 0.25) is 0 Å². The van der Waals surface area contributed by atoms with E-state index in [1.807, 2.05) is 6.92 Å². The van der Waals surface area contributed by atoms with Crippen LogP contribution in [0.25, 0.3) is 0 Å². The average molecular weight is 1170 g/mol. The highest BCUT2D eigenvalue weighted by Crippen LogP contribution is 2.64. The number of benzene rings is 3. The Morgan fingerprint density at radius 1 is 0.762 bits per heavy atom. The van der Waals surface area contributed by atoms with E-state index in [-0.39, 0.29) is 41.2 Å². The predicted molar refractivity (Wildman–Crippen MR) is 300 cm³/mol. The summed E-state index contributed by atoms with van der Waals surface area (Å²) < 4.78 is 37.5. The number of alkyl halides is 1. The van der Waals surface area contributed by atoms with Crippen molar-refractivity contribution in [1.82, 2.24) is 5.32 Å². The Morgan fingerprint density at radius 3 is 1.88 bits per heavy atom. The number of carbonyl (C=O) groups excluding carboxylic acids is 7. The van der Waals surface area contributed by atoms with Gasteiger partial charge in [-0.15, -0.1) is 0 Å². The lowest BCUT2D eigenvalue weighted by atomic mass is 9.44. The second-order valence-corrected chi connectivity index (χ2v) is 24.1. The van der Waals surface area contributed by atoms with E-state index < -0.39 is 123 Å². The number of unbranched alkanes of at least 4 members (excludes halogenated alkanes) is 9. The number of aliphatic hydroxyl groups is 2. The van der Waals surface area contributed by atoms with Gasteiger partial charge in [0.2, 0.25) is 6.10 Å². The third kappa shape index (κ3) is 12.8. The summed E-state index contributed by atoms with van der Waals surface area (Å²) in [7, 11) is 0. The molecule has 4 aliphatic rings. The van der Waals surface area contributed by atoms with Crippen LogP contribution in [0, 0.1) is 22.7 Å². The molecule has 1 aliphatic heterocycles. The number of ether oxygens (including phenoxy) is 6. The zero-order chi connectivity index (χ0) is 58.2. The SMILES string of the molecule is CCCCCCCCCCCCC(C)C(Br)C(=O)O[C@@H](C(=O)O[C@H]1C[C@@]2(O)[C@@H](OC(=O)c3ccccc3)[C@@H]3[C@]4(OC(C)=O)CO[C@@H]4C[C@H](O)[C@@]3(C)C(=O)[C@H](OC(C)=O)C(=C1C)C2(C)C)[C@@H](NC(=O)c1ccccc1)c1ccccc1. The quantitative estimate of drug-likeness (QED) is 0.0249. The summed E-state index contributed by atoms with van der Waals surface area (Å²) in [6.07, 6.45) is 1.47. The molecule has 3 aromatic carbocycles. The number of hydrogen-bond donors (Lipinski definition) is 3. The monoisotopic (exact) mass is 1170 g/mol. The van der Waals surface area contributed by atoms with Crippen molar-refractivity contribution in [3.05, 3.63) is 119 Å². The largest absolute Gasteiger partial charge is 0.455 e. The van der Waals surface area contributed by atoms with Crippen LogP contribution < -0.4 is 5.32 Å². The van der Waals surface area contributed by atoms with E-state index in [0.717, 1.165) is 39.5 Å². The maximum Gasteiger partial charge on any atom is 0.350 e. The summed E-state index contributed by atoms with van der Waals surface area (Å²) in [5.41, 5.74) is -7.26. The highest BCUT2D eigenvalue weighted by Gasteiger charge is 2.78. The van der Waals surface area contributed by atoms with Gasteiger partial charge in [0.05, 0.1) is 29.6 Å². The molecule has 13 atom stereocenters. The maximum absolute atomic E-state index is 15.9. The van der Waals surface area contributed by atoms with Crippen LogP contribution in [0.3, 0.4) is 0 Å². The zero-order valence-electron chi connectivity index (χ0n) is 47.4. The van der Waals surface area contributed by atoms with Gasteiger partial charge in [-0.05, 0) is 67.2 Å². The number of carbonyl (C=O) groups is 7. The second-order valence-electron chi connectivity index (χ2n) is 23.1. The summed E-state index contributed by atoms with van der Waals surface area (Å²) in [5, 5.41) is 29.3. The number of Topliss-reactive ketones (excluding diaryl/α,β-unsaturated/α-hetero) is 1. The summed E-state index contributed by atoms with van der Waals surface area (Å²) in [6, 6.07) is 23.3. The highest BCUT2D eigenvalue weighted by atomic mass is 79.9. The minimum Gasteiger partial charge on any atom is -0.455 e. The molecule has 7 rings (SSSR count). The van der Waals surface area contributed by atoms with Gasteiger partial charge in [-0.1, -0.05) is 175 Å². The molecule has 2 bridgehead atoms. The molecule has 3 aromatic rings. The fraction of sp³-hybridized carbons (Fsp3) is 0.571. The van der Waals surface area contributed by atoms with Crippen molar-refractivity contribution >= 4 is 57.5 Å². The predicted octanol–water partition coefficient (Wildman–Crippen LogP) is 10.00. The Morgan fingerprint density at radius 2 is 1.32 bits per heavy atom. The van der Waals surface area contributed by atoms with E-state index in [2.05, 4.69) is 28.2 Å². The summed E-state index contributed by atoms with van der Waals surface area (Å²) in [5.74, 6) is -7.92. The number of fused-ring (bicyclic) bond motifs is 5. The first-order valence-electron chi connectivity index (χ1n) is 28.4. The fourth-order valence-electron chi connectivity index (χ4n) is 12.8. The average Bonchev–Trinajstić information content (AvgIpc) is 3.26. The molecule has 1 heterocycles. The fourth-order valence-corrected chi connectivity index (χ4v) is 13.2. The standard InChI is InChI=1S/C63H80BrNO15/c1-9-10-11-12-13-14-15-16-17-21-28-38(2)49(64)58(72)78-52(50(42-29-22-18-23-30-42)65-56(70)43-31-24-19-25-32-43)59(73)77-45-36-63(74)55(79-57(71)44-33-26-20-27-34-44)53-61(8,46(68)35-47-62(53,37-75-47)80-41(5)67)54(69)51(76-40(4)66)48(39(45)3)60(63,6)7/h18-20,22-27,29-34,38,45-47,49-53,55,68,74H,9-17,21,28,35-37H2,1-8H3,(H,65,70)/t38?,45-,46-,47+,49?,50-,51+,52+,53-,55-,61+,62-,63+/m0/s1. The van der Waals surface area contributed by atoms with Crippen molar-refractivity contribution < 1.29 is 72.2 Å². The van der Waals surface area contributed by atoms with Crippen LogP contribution in [0.5, 0.6) is 0 Å². The minimum absolute atomic E-state index is 0.0164. The molecule has 3 aliphatic carbocycles. The Bertz CT molecular complexity index is 2720. The number of amides is 1. The molecule has 2 unspecified atom stereocenters. The Kier molecular flexibility index (Phi) is 20.4. The van der Waals surface area contributed by atoms with Gasteiger partial charge in [-0.25, -0.2) is 9.59 Å². The normalized spacial score (nSPS) is 28.1. The Hall–Kier alpha value is -5.75. The van der Waals surface area contributed by atoms with Crippen molar-refractivity contribution in [3.63, 3.8) is 0 Å². The number of halogens is 1. The molecule has 0 radical (unpaired) electrons. The van der Waals surface area contributed by atoms with Crippen LogP contribution in [-0.2, 0) is 52.4 Å². The molecule has 2 saturated carbocycles. The lowest BCUT2D eigenvalue weighted by molar-refractivity contribution is -0.346. The topological polar surface area (TPSA) is 227 Å². The molecule has 0 spiro atoms. The van der Waals surface area contributed by atoms with E-state index in [1.165, 1.54) is 57.6 Å². The zero-order valence-corrected chi connectivity index (χ0v) is 49.0. The van der Waals surface area contributed by atoms with Crippen molar-refractivity contribution in [2.45, 2.75) is 198 Å². The van der Waals surface area contributed by atoms with E-state index in [9.17, 15) is 34.2 Å². The van der Waals surface area contributed by atoms with Crippen LogP contribution in [0.4, 0.5) is 0 Å². The summed E-state index contributed by atoms with van der Waals surface area (Å²) in [4.78, 5) is 100. The molecule has 1 saturated heterocycles. The third-order valence-electron chi connectivity index (χ3n) is 17.4. The first-order valence-corrected chi connectivity index (χ1v) is 29.3. The number of esters is 5. The number of ketones is 1. The lowest BCUT2D eigenvalue weighted by Crippen LogP contribution is -2.82. The van der Waals surface area contributed by atoms with Gasteiger partial charge in [-0.3, -0.25) is 24.0 Å². The summed E-state index contributed by atoms with van der Waals surface area (Å²) in [6.45, 7) is 12.2. The molecule has 80 heavy (non-hydrogen) atoms. The Balaban J connectivity index is 1.31. The molecule has 434 valence electrons. The van der Waals surface area contributed by atoms with Gasteiger partial charge in [0, 0.05) is 37.7 Å². The third-order valence-corrected chi connectivity index (χ3v) is 18.7. The second kappa shape index (κ2) is 26.4. The van der Waals surface area contributed by atoms with Crippen LogP contribution in [-0.4, -0.2) is 111 Å². The number of rotatable bonds is 24. The molecule has 16 nitrogen and oxygen atoms in total. The van der Waals surface area contributed by atoms with Crippen molar-refractivity contribution in [3.8, 4) is 0 Å². The smallest absolute Gasteiger partial charge is 0.350 e. The first-order chi connectivity index (χ1) is 38.0. The molecule has 1 amide bonds. The van der Waals surface area contributed by atoms with Crippen molar-refractivity contribution in [2.75, 3.05) is 6.61 Å². The minimum atomic E-state index is -2.45. The van der Waals surface area contributed by atoms with Gasteiger partial charge >= 0.3 is 29.8 Å².